The predicted octanol–water partition coefficient (Wildman–Crippen LogP) is 2.75. The third kappa shape index (κ3) is 4.89. The summed E-state index contributed by atoms with van der Waals surface area (Å²) in [5.74, 6) is -1.15. The Morgan fingerprint density at radius 3 is 1.96 bits per heavy atom. The summed E-state index contributed by atoms with van der Waals surface area (Å²) in [6.45, 7) is 5.82. The SMILES string of the molecule is CCN(CC)S(=O)(=O)c1cc(C(=O)NNC(=O)c2ccc(Cl)cc2)ccc1C. The first kappa shape index (κ1) is 21.9. The van der Waals surface area contributed by atoms with Gasteiger partial charge in [-0.3, -0.25) is 20.4 Å². The Morgan fingerprint density at radius 1 is 0.929 bits per heavy atom. The topological polar surface area (TPSA) is 95.6 Å². The number of hydrazine groups is 1. The Kier molecular flexibility index (Phi) is 7.17. The highest BCUT2D eigenvalue weighted by molar-refractivity contribution is 7.89. The van der Waals surface area contributed by atoms with Crippen molar-refractivity contribution >= 4 is 33.4 Å². The van der Waals surface area contributed by atoms with Gasteiger partial charge in [-0.1, -0.05) is 31.5 Å². The van der Waals surface area contributed by atoms with Crippen LogP contribution in [0.25, 0.3) is 0 Å². The summed E-state index contributed by atoms with van der Waals surface area (Å²) in [5.41, 5.74) is 5.55. The summed E-state index contributed by atoms with van der Waals surface area (Å²) in [4.78, 5) is 24.5. The van der Waals surface area contributed by atoms with E-state index in [0.717, 1.165) is 0 Å². The number of hydrogen-bond donors (Lipinski definition) is 2. The molecule has 2 aromatic carbocycles. The molecule has 2 amide bonds. The molecule has 0 unspecified atom stereocenters. The lowest BCUT2D eigenvalue weighted by Crippen LogP contribution is -2.41. The van der Waals surface area contributed by atoms with E-state index in [9.17, 15) is 18.0 Å². The van der Waals surface area contributed by atoms with Crippen molar-refractivity contribution in [1.29, 1.82) is 0 Å². The molecule has 150 valence electrons. The highest BCUT2D eigenvalue weighted by Crippen LogP contribution is 2.21. The van der Waals surface area contributed by atoms with Crippen LogP contribution in [-0.4, -0.2) is 37.6 Å². The van der Waals surface area contributed by atoms with Crippen molar-refractivity contribution in [2.75, 3.05) is 13.1 Å². The number of hydrogen-bond acceptors (Lipinski definition) is 4. The maximum absolute atomic E-state index is 12.8. The lowest BCUT2D eigenvalue weighted by Gasteiger charge is -2.20. The first-order valence-electron chi connectivity index (χ1n) is 8.67. The molecule has 0 saturated heterocycles. The van der Waals surface area contributed by atoms with Crippen LogP contribution in [0.3, 0.4) is 0 Å². The molecule has 2 rings (SSSR count). The number of aryl methyl sites for hydroxylation is 1. The lowest BCUT2D eigenvalue weighted by molar-refractivity contribution is 0.0846. The number of halogens is 1. The van der Waals surface area contributed by atoms with Crippen molar-refractivity contribution in [2.24, 2.45) is 0 Å². The smallest absolute Gasteiger partial charge is 0.267 e. The molecule has 0 aliphatic carbocycles. The van der Waals surface area contributed by atoms with Gasteiger partial charge in [-0.2, -0.15) is 4.31 Å². The van der Waals surface area contributed by atoms with E-state index >= 15 is 0 Å². The second-order valence-electron chi connectivity index (χ2n) is 5.98. The summed E-state index contributed by atoms with van der Waals surface area (Å²) in [7, 11) is -3.71. The van der Waals surface area contributed by atoms with Gasteiger partial charge in [0.15, 0.2) is 0 Å². The highest BCUT2D eigenvalue weighted by Gasteiger charge is 2.24. The van der Waals surface area contributed by atoms with Crippen LogP contribution in [0.1, 0.15) is 40.1 Å². The molecule has 0 fully saturated rings. The molecule has 0 radical (unpaired) electrons. The Balaban J connectivity index is 2.18. The molecular weight excluding hydrogens is 402 g/mol. The first-order valence-corrected chi connectivity index (χ1v) is 10.5. The van der Waals surface area contributed by atoms with Crippen molar-refractivity contribution in [3.8, 4) is 0 Å². The normalized spacial score (nSPS) is 11.3. The van der Waals surface area contributed by atoms with E-state index in [2.05, 4.69) is 10.9 Å². The summed E-state index contributed by atoms with van der Waals surface area (Å²) < 4.78 is 26.9. The third-order valence-electron chi connectivity index (χ3n) is 4.17. The molecule has 2 N–H and O–H groups in total. The molecule has 0 bridgehead atoms. The van der Waals surface area contributed by atoms with Crippen LogP contribution in [0.15, 0.2) is 47.4 Å². The van der Waals surface area contributed by atoms with Gasteiger partial charge in [0.25, 0.3) is 11.8 Å². The maximum atomic E-state index is 12.8. The fourth-order valence-electron chi connectivity index (χ4n) is 2.58. The van der Waals surface area contributed by atoms with Crippen LogP contribution in [0, 0.1) is 6.92 Å². The maximum Gasteiger partial charge on any atom is 0.269 e. The standard InChI is InChI=1S/C19H22ClN3O4S/c1-4-23(5-2)28(26,27)17-12-15(7-6-13(17)3)19(25)22-21-18(24)14-8-10-16(20)11-9-14/h6-12H,4-5H2,1-3H3,(H,21,24)(H,22,25). The van der Waals surface area contributed by atoms with Gasteiger partial charge in [0.05, 0.1) is 4.90 Å². The number of carbonyl (C=O) groups excluding carboxylic acids is 2. The molecule has 2 aromatic rings. The zero-order valence-corrected chi connectivity index (χ0v) is 17.4. The van der Waals surface area contributed by atoms with E-state index < -0.39 is 21.8 Å². The second-order valence-corrected chi connectivity index (χ2v) is 8.33. The molecule has 0 aromatic heterocycles. The molecule has 0 heterocycles. The zero-order valence-electron chi connectivity index (χ0n) is 15.8. The fourth-order valence-corrected chi connectivity index (χ4v) is 4.42. The van der Waals surface area contributed by atoms with Gasteiger partial charge in [0.2, 0.25) is 10.0 Å². The first-order chi connectivity index (χ1) is 13.2. The van der Waals surface area contributed by atoms with E-state index in [1.807, 2.05) is 0 Å². The number of nitrogens with zero attached hydrogens (tertiary/aromatic N) is 1. The Morgan fingerprint density at radius 2 is 1.43 bits per heavy atom. The molecule has 7 nitrogen and oxygen atoms in total. The monoisotopic (exact) mass is 423 g/mol. The molecule has 0 spiro atoms. The minimum absolute atomic E-state index is 0.0628. The van der Waals surface area contributed by atoms with Gasteiger partial charge >= 0.3 is 0 Å². The van der Waals surface area contributed by atoms with Crippen LogP contribution in [-0.2, 0) is 10.0 Å². The van der Waals surface area contributed by atoms with E-state index in [1.54, 1.807) is 39.0 Å². The number of sulfonamides is 1. The predicted molar refractivity (Wildman–Crippen MR) is 108 cm³/mol. The molecule has 0 saturated carbocycles. The molecule has 0 atom stereocenters. The average Bonchev–Trinajstić information content (AvgIpc) is 2.67. The third-order valence-corrected chi connectivity index (χ3v) is 6.61. The molecule has 9 heteroatoms. The van der Waals surface area contributed by atoms with E-state index in [0.29, 0.717) is 29.2 Å². The van der Waals surface area contributed by atoms with Crippen LogP contribution in [0.4, 0.5) is 0 Å². The van der Waals surface area contributed by atoms with E-state index in [1.165, 1.54) is 28.6 Å². The lowest BCUT2D eigenvalue weighted by atomic mass is 10.1. The number of carbonyl (C=O) groups is 2. The van der Waals surface area contributed by atoms with Crippen molar-refractivity contribution in [1.82, 2.24) is 15.2 Å². The number of nitrogens with one attached hydrogen (secondary N) is 2. The molecule has 28 heavy (non-hydrogen) atoms. The van der Waals surface area contributed by atoms with Gasteiger partial charge in [-0.05, 0) is 48.9 Å². The van der Waals surface area contributed by atoms with Crippen LogP contribution >= 0.6 is 11.6 Å². The van der Waals surface area contributed by atoms with Crippen molar-refractivity contribution in [2.45, 2.75) is 25.7 Å². The summed E-state index contributed by atoms with van der Waals surface area (Å²) in [6, 6.07) is 10.5. The van der Waals surface area contributed by atoms with Crippen molar-refractivity contribution in [3.63, 3.8) is 0 Å². The molecular formula is C19H22ClN3O4S. The molecule has 0 aliphatic heterocycles. The Bertz CT molecular complexity index is 971. The van der Waals surface area contributed by atoms with Gasteiger partial charge in [0, 0.05) is 29.2 Å². The van der Waals surface area contributed by atoms with Crippen LogP contribution in [0.2, 0.25) is 5.02 Å². The van der Waals surface area contributed by atoms with Gasteiger partial charge in [0.1, 0.15) is 0 Å². The van der Waals surface area contributed by atoms with E-state index in [-0.39, 0.29) is 10.5 Å². The minimum atomic E-state index is -3.71. The summed E-state index contributed by atoms with van der Waals surface area (Å²) >= 11 is 5.78. The van der Waals surface area contributed by atoms with Crippen molar-refractivity contribution < 1.29 is 18.0 Å². The minimum Gasteiger partial charge on any atom is -0.267 e. The highest BCUT2D eigenvalue weighted by atomic mass is 35.5. The Hall–Kier alpha value is -2.42. The number of rotatable bonds is 6. The van der Waals surface area contributed by atoms with Crippen LogP contribution in [0.5, 0.6) is 0 Å². The Labute approximate surface area is 169 Å². The van der Waals surface area contributed by atoms with Crippen LogP contribution < -0.4 is 10.9 Å². The van der Waals surface area contributed by atoms with Crippen molar-refractivity contribution in [3.05, 3.63) is 64.2 Å². The average molecular weight is 424 g/mol. The summed E-state index contributed by atoms with van der Waals surface area (Å²) in [6.07, 6.45) is 0. The van der Waals surface area contributed by atoms with Gasteiger partial charge < -0.3 is 0 Å². The second kappa shape index (κ2) is 9.18. The zero-order chi connectivity index (χ0) is 20.9. The van der Waals surface area contributed by atoms with Gasteiger partial charge in [-0.15, -0.1) is 0 Å². The van der Waals surface area contributed by atoms with E-state index in [4.69, 9.17) is 11.6 Å². The summed E-state index contributed by atoms with van der Waals surface area (Å²) in [5, 5.41) is 0.488. The quantitative estimate of drug-likeness (QED) is 0.698. The largest absolute Gasteiger partial charge is 0.269 e. The molecule has 0 aliphatic rings. The number of amides is 2. The fraction of sp³-hybridized carbons (Fsp3) is 0.263. The number of benzene rings is 2. The van der Waals surface area contributed by atoms with Gasteiger partial charge in [-0.25, -0.2) is 8.42 Å².